The van der Waals surface area contributed by atoms with Crippen molar-refractivity contribution in [1.29, 1.82) is 0 Å². The summed E-state index contributed by atoms with van der Waals surface area (Å²) in [4.78, 5) is 40.6. The number of H-pyrrole nitrogens is 1. The van der Waals surface area contributed by atoms with Crippen molar-refractivity contribution in [1.82, 2.24) is 4.98 Å². The van der Waals surface area contributed by atoms with Crippen LogP contribution in [0.15, 0.2) is 46.2 Å². The molecular formula is C22H22N2O4S. The maximum absolute atomic E-state index is 12.9. The van der Waals surface area contributed by atoms with E-state index in [9.17, 15) is 14.4 Å². The molecule has 0 fully saturated rings. The van der Waals surface area contributed by atoms with Gasteiger partial charge in [-0.25, -0.2) is 4.79 Å². The van der Waals surface area contributed by atoms with Crippen molar-refractivity contribution in [2.24, 2.45) is 0 Å². The molecule has 150 valence electrons. The first-order chi connectivity index (χ1) is 13.8. The lowest BCUT2D eigenvalue weighted by molar-refractivity contribution is -0.113. The summed E-state index contributed by atoms with van der Waals surface area (Å²) in [6.07, 6.45) is 0. The number of nitrogens with one attached hydrogen (secondary N) is 2. The number of aromatic nitrogens is 1. The molecule has 0 atom stereocenters. The zero-order valence-corrected chi connectivity index (χ0v) is 17.5. The van der Waals surface area contributed by atoms with Crippen LogP contribution in [0.2, 0.25) is 0 Å². The second-order valence-electron chi connectivity index (χ2n) is 6.83. The second kappa shape index (κ2) is 8.53. The van der Waals surface area contributed by atoms with Crippen LogP contribution in [-0.2, 0) is 9.53 Å². The monoisotopic (exact) mass is 410 g/mol. The summed E-state index contributed by atoms with van der Waals surface area (Å²) in [6.45, 7) is 5.85. The van der Waals surface area contributed by atoms with E-state index >= 15 is 0 Å². The fourth-order valence-electron chi connectivity index (χ4n) is 2.93. The number of pyridine rings is 1. The summed E-state index contributed by atoms with van der Waals surface area (Å²) in [6, 6.07) is 11.1. The number of aromatic amines is 1. The predicted molar refractivity (Wildman–Crippen MR) is 116 cm³/mol. The first kappa shape index (κ1) is 20.7. The lowest BCUT2D eigenvalue weighted by Crippen LogP contribution is -2.20. The highest BCUT2D eigenvalue weighted by atomic mass is 32.2. The maximum Gasteiger partial charge on any atom is 0.344 e. The number of benzene rings is 2. The van der Waals surface area contributed by atoms with Gasteiger partial charge in [-0.2, -0.15) is 0 Å². The standard InChI is InChI=1S/C22H22N2O4S/c1-12-5-8-17-16(9-12)20(26)19(22(27)28-4)21(24-17)29-11-18(25)23-15-7-6-13(2)14(3)10-15/h5-10H,11H2,1-4H3,(H,23,25)(H,24,26). The Morgan fingerprint density at radius 3 is 2.52 bits per heavy atom. The van der Waals surface area contributed by atoms with Gasteiger partial charge in [0.2, 0.25) is 11.3 Å². The molecule has 0 bridgehead atoms. The molecule has 2 N–H and O–H groups in total. The molecule has 29 heavy (non-hydrogen) atoms. The van der Waals surface area contributed by atoms with E-state index < -0.39 is 11.4 Å². The highest BCUT2D eigenvalue weighted by Crippen LogP contribution is 2.23. The molecule has 0 unspecified atom stereocenters. The normalized spacial score (nSPS) is 10.8. The van der Waals surface area contributed by atoms with Crippen molar-refractivity contribution < 1.29 is 14.3 Å². The minimum absolute atomic E-state index is 0.0320. The summed E-state index contributed by atoms with van der Waals surface area (Å²) < 4.78 is 4.79. The molecule has 7 heteroatoms. The quantitative estimate of drug-likeness (QED) is 0.491. The first-order valence-corrected chi connectivity index (χ1v) is 10.0. The van der Waals surface area contributed by atoms with Crippen molar-refractivity contribution in [3.63, 3.8) is 0 Å². The number of amides is 1. The third kappa shape index (κ3) is 4.51. The number of carbonyl (C=O) groups excluding carboxylic acids is 2. The SMILES string of the molecule is COC(=O)c1c(SCC(=O)Nc2ccc(C)c(C)c2)[nH]c2ccc(C)cc2c1=O. The van der Waals surface area contributed by atoms with Gasteiger partial charge < -0.3 is 15.0 Å². The van der Waals surface area contributed by atoms with Crippen molar-refractivity contribution >= 4 is 40.2 Å². The van der Waals surface area contributed by atoms with Gasteiger partial charge in [0.15, 0.2) is 0 Å². The molecule has 6 nitrogen and oxygen atoms in total. The Morgan fingerprint density at radius 2 is 1.83 bits per heavy atom. The molecule has 3 aromatic rings. The largest absolute Gasteiger partial charge is 0.465 e. The van der Waals surface area contributed by atoms with Gasteiger partial charge in [0.25, 0.3) is 0 Å². The van der Waals surface area contributed by atoms with E-state index in [0.717, 1.165) is 28.5 Å². The Bertz CT molecular complexity index is 1170. The number of anilines is 1. The molecule has 0 aliphatic rings. The van der Waals surface area contributed by atoms with Crippen LogP contribution in [0.4, 0.5) is 5.69 Å². The van der Waals surface area contributed by atoms with Gasteiger partial charge in [-0.05, 0) is 56.2 Å². The molecule has 1 amide bonds. The topological polar surface area (TPSA) is 88.3 Å². The zero-order valence-electron chi connectivity index (χ0n) is 16.7. The highest BCUT2D eigenvalue weighted by Gasteiger charge is 2.21. The molecule has 0 saturated heterocycles. The van der Waals surface area contributed by atoms with E-state index in [0.29, 0.717) is 21.6 Å². The minimum atomic E-state index is -0.730. The number of carbonyl (C=O) groups is 2. The van der Waals surface area contributed by atoms with Crippen molar-refractivity contribution in [2.75, 3.05) is 18.2 Å². The Kier molecular flexibility index (Phi) is 6.08. The average Bonchev–Trinajstić information content (AvgIpc) is 2.69. The number of thioether (sulfide) groups is 1. The van der Waals surface area contributed by atoms with E-state index in [1.54, 1.807) is 12.1 Å². The van der Waals surface area contributed by atoms with E-state index in [-0.39, 0.29) is 17.2 Å². The molecule has 0 aliphatic carbocycles. The van der Waals surface area contributed by atoms with Crippen LogP contribution in [0.1, 0.15) is 27.0 Å². The number of aryl methyl sites for hydroxylation is 3. The fourth-order valence-corrected chi connectivity index (χ4v) is 3.78. The van der Waals surface area contributed by atoms with Crippen LogP contribution in [0, 0.1) is 20.8 Å². The maximum atomic E-state index is 12.9. The van der Waals surface area contributed by atoms with Gasteiger partial charge in [0, 0.05) is 11.1 Å². The van der Waals surface area contributed by atoms with Crippen LogP contribution >= 0.6 is 11.8 Å². The number of hydrogen-bond acceptors (Lipinski definition) is 5. The molecule has 3 rings (SSSR count). The van der Waals surface area contributed by atoms with E-state index in [1.165, 1.54) is 7.11 Å². The smallest absolute Gasteiger partial charge is 0.344 e. The van der Waals surface area contributed by atoms with Crippen LogP contribution < -0.4 is 10.7 Å². The van der Waals surface area contributed by atoms with Gasteiger partial charge >= 0.3 is 5.97 Å². The molecule has 0 radical (unpaired) electrons. The van der Waals surface area contributed by atoms with Gasteiger partial charge in [-0.3, -0.25) is 9.59 Å². The molecule has 0 saturated carbocycles. The van der Waals surface area contributed by atoms with Gasteiger partial charge in [0.1, 0.15) is 5.56 Å². The molecule has 0 spiro atoms. The van der Waals surface area contributed by atoms with Crippen molar-refractivity contribution in [3.05, 3.63) is 68.9 Å². The van der Waals surface area contributed by atoms with E-state index in [1.807, 2.05) is 45.0 Å². The van der Waals surface area contributed by atoms with Gasteiger partial charge in [0.05, 0.1) is 23.4 Å². The molecular weight excluding hydrogens is 388 g/mol. The second-order valence-corrected chi connectivity index (χ2v) is 7.82. The predicted octanol–water partition coefficient (Wildman–Crippen LogP) is 3.97. The summed E-state index contributed by atoms with van der Waals surface area (Å²) in [5.74, 6) is -0.935. The van der Waals surface area contributed by atoms with Crippen LogP contribution in [0.3, 0.4) is 0 Å². The van der Waals surface area contributed by atoms with Crippen molar-refractivity contribution in [3.8, 4) is 0 Å². The van der Waals surface area contributed by atoms with Crippen LogP contribution in [0.25, 0.3) is 10.9 Å². The minimum Gasteiger partial charge on any atom is -0.465 e. The van der Waals surface area contributed by atoms with E-state index in [2.05, 4.69) is 10.3 Å². The Labute approximate surface area is 172 Å². The van der Waals surface area contributed by atoms with Crippen LogP contribution in [-0.4, -0.2) is 29.7 Å². The first-order valence-electron chi connectivity index (χ1n) is 9.05. The zero-order chi connectivity index (χ0) is 21.1. The highest BCUT2D eigenvalue weighted by molar-refractivity contribution is 8.00. The fraction of sp³-hybridized carbons (Fsp3) is 0.227. The Balaban J connectivity index is 1.87. The summed E-state index contributed by atoms with van der Waals surface area (Å²) >= 11 is 1.09. The number of ether oxygens (including phenoxy) is 1. The number of fused-ring (bicyclic) bond motifs is 1. The molecule has 0 aliphatic heterocycles. The lowest BCUT2D eigenvalue weighted by Gasteiger charge is -2.11. The average molecular weight is 410 g/mol. The molecule has 2 aromatic carbocycles. The summed E-state index contributed by atoms with van der Waals surface area (Å²) in [5.41, 5.74) is 3.94. The number of methoxy groups -OCH3 is 1. The lowest BCUT2D eigenvalue weighted by atomic mass is 10.1. The van der Waals surface area contributed by atoms with Gasteiger partial charge in [-0.15, -0.1) is 0 Å². The Morgan fingerprint density at radius 1 is 1.07 bits per heavy atom. The summed E-state index contributed by atoms with van der Waals surface area (Å²) in [7, 11) is 1.23. The number of rotatable bonds is 5. The molecule has 1 heterocycles. The molecule has 1 aromatic heterocycles. The number of hydrogen-bond donors (Lipinski definition) is 2. The summed E-state index contributed by atoms with van der Waals surface area (Å²) in [5, 5.41) is 3.56. The third-order valence-electron chi connectivity index (χ3n) is 4.65. The Hall–Kier alpha value is -3.06. The van der Waals surface area contributed by atoms with Crippen LogP contribution in [0.5, 0.6) is 0 Å². The third-order valence-corrected chi connectivity index (χ3v) is 5.65. The van der Waals surface area contributed by atoms with Crippen molar-refractivity contribution in [2.45, 2.75) is 25.8 Å². The van der Waals surface area contributed by atoms with E-state index in [4.69, 9.17) is 4.74 Å². The number of esters is 1. The van der Waals surface area contributed by atoms with Gasteiger partial charge in [-0.1, -0.05) is 29.5 Å².